The van der Waals surface area contributed by atoms with Gasteiger partial charge in [-0.1, -0.05) is 11.2 Å². The van der Waals surface area contributed by atoms with Gasteiger partial charge in [0.2, 0.25) is 0 Å². The standard InChI is InChI=1S/C16H17FN2O4/c1-21-16(11-22-13-4-2-3-12(17)9-13)6-7-19(10-16)15(20)14-5-8-23-18-14/h2-5,8-9H,6-7,10-11H2,1H3/t16-/m1/s1. The molecule has 0 bridgehead atoms. The molecular formula is C16H17FN2O4. The van der Waals surface area contributed by atoms with Gasteiger partial charge in [-0.25, -0.2) is 4.39 Å². The summed E-state index contributed by atoms with van der Waals surface area (Å²) in [7, 11) is 1.58. The van der Waals surface area contributed by atoms with Crippen LogP contribution in [0, 0.1) is 5.82 Å². The summed E-state index contributed by atoms with van der Waals surface area (Å²) >= 11 is 0. The first-order valence-corrected chi connectivity index (χ1v) is 7.25. The topological polar surface area (TPSA) is 64.8 Å². The number of hydrogen-bond acceptors (Lipinski definition) is 5. The van der Waals surface area contributed by atoms with Crippen LogP contribution in [0.1, 0.15) is 16.9 Å². The van der Waals surface area contributed by atoms with Crippen molar-refractivity contribution in [2.24, 2.45) is 0 Å². The van der Waals surface area contributed by atoms with Gasteiger partial charge in [0.05, 0.1) is 6.54 Å². The maximum absolute atomic E-state index is 13.2. The van der Waals surface area contributed by atoms with Crippen LogP contribution in [0.4, 0.5) is 4.39 Å². The highest BCUT2D eigenvalue weighted by molar-refractivity contribution is 5.92. The Morgan fingerprint density at radius 3 is 3.04 bits per heavy atom. The molecule has 3 rings (SSSR count). The SMILES string of the molecule is CO[C@]1(COc2cccc(F)c2)CCN(C(=O)c2ccon2)C1. The third-order valence-electron chi connectivity index (χ3n) is 3.99. The maximum Gasteiger partial charge on any atom is 0.276 e. The predicted octanol–water partition coefficient (Wildman–Crippen LogP) is 2.12. The van der Waals surface area contributed by atoms with Crippen molar-refractivity contribution in [1.29, 1.82) is 0 Å². The van der Waals surface area contributed by atoms with Gasteiger partial charge in [0.25, 0.3) is 5.91 Å². The number of rotatable bonds is 5. The lowest BCUT2D eigenvalue weighted by Crippen LogP contribution is -2.42. The molecule has 1 amide bonds. The van der Waals surface area contributed by atoms with Crippen LogP contribution >= 0.6 is 0 Å². The first-order chi connectivity index (χ1) is 11.1. The number of halogens is 1. The first-order valence-electron chi connectivity index (χ1n) is 7.25. The van der Waals surface area contributed by atoms with Crippen LogP contribution in [-0.4, -0.2) is 48.4 Å². The van der Waals surface area contributed by atoms with Crippen molar-refractivity contribution in [3.63, 3.8) is 0 Å². The number of benzene rings is 1. The lowest BCUT2D eigenvalue weighted by molar-refractivity contribution is -0.0343. The Labute approximate surface area is 132 Å². The number of ether oxygens (including phenoxy) is 2. The van der Waals surface area contributed by atoms with Gasteiger partial charge < -0.3 is 18.9 Å². The van der Waals surface area contributed by atoms with E-state index in [-0.39, 0.29) is 24.0 Å². The van der Waals surface area contributed by atoms with E-state index in [2.05, 4.69) is 5.16 Å². The van der Waals surface area contributed by atoms with Gasteiger partial charge in [0.15, 0.2) is 5.69 Å². The van der Waals surface area contributed by atoms with Crippen LogP contribution in [0.3, 0.4) is 0 Å². The highest BCUT2D eigenvalue weighted by Gasteiger charge is 2.41. The summed E-state index contributed by atoms with van der Waals surface area (Å²) < 4.78 is 29.1. The molecule has 0 N–H and O–H groups in total. The fourth-order valence-corrected chi connectivity index (χ4v) is 2.62. The second-order valence-electron chi connectivity index (χ2n) is 5.49. The molecule has 0 radical (unpaired) electrons. The van der Waals surface area contributed by atoms with E-state index in [1.54, 1.807) is 24.1 Å². The Bertz CT molecular complexity index is 676. The van der Waals surface area contributed by atoms with Gasteiger partial charge in [0, 0.05) is 25.8 Å². The number of hydrogen-bond donors (Lipinski definition) is 0. The smallest absolute Gasteiger partial charge is 0.276 e. The van der Waals surface area contributed by atoms with E-state index in [1.807, 2.05) is 0 Å². The molecule has 1 atom stereocenters. The number of likely N-dealkylation sites (tertiary alicyclic amines) is 1. The molecule has 1 fully saturated rings. The quantitative estimate of drug-likeness (QED) is 0.844. The molecule has 0 aliphatic carbocycles. The van der Waals surface area contributed by atoms with E-state index in [1.165, 1.54) is 24.5 Å². The van der Waals surface area contributed by atoms with Crippen LogP contribution in [0.5, 0.6) is 5.75 Å². The van der Waals surface area contributed by atoms with Crippen molar-refractivity contribution < 1.29 is 23.2 Å². The van der Waals surface area contributed by atoms with Gasteiger partial charge in [-0.2, -0.15) is 0 Å². The Morgan fingerprint density at radius 2 is 2.35 bits per heavy atom. The lowest BCUT2D eigenvalue weighted by atomic mass is 10.0. The fourth-order valence-electron chi connectivity index (χ4n) is 2.62. The van der Waals surface area contributed by atoms with Crippen molar-refractivity contribution in [1.82, 2.24) is 10.1 Å². The maximum atomic E-state index is 13.2. The van der Waals surface area contributed by atoms with E-state index < -0.39 is 5.60 Å². The molecule has 6 nitrogen and oxygen atoms in total. The zero-order chi connectivity index (χ0) is 16.3. The molecule has 122 valence electrons. The number of methoxy groups -OCH3 is 1. The summed E-state index contributed by atoms with van der Waals surface area (Å²) in [5, 5.41) is 3.66. The monoisotopic (exact) mass is 320 g/mol. The van der Waals surface area contributed by atoms with E-state index in [4.69, 9.17) is 14.0 Å². The van der Waals surface area contributed by atoms with E-state index in [0.717, 1.165) is 0 Å². The molecule has 1 aromatic heterocycles. The first kappa shape index (κ1) is 15.5. The van der Waals surface area contributed by atoms with Gasteiger partial charge >= 0.3 is 0 Å². The zero-order valence-electron chi connectivity index (χ0n) is 12.7. The van der Waals surface area contributed by atoms with Gasteiger partial charge in [0.1, 0.15) is 30.0 Å². The molecule has 1 aliphatic rings. The normalized spacial score (nSPS) is 20.7. The van der Waals surface area contributed by atoms with E-state index >= 15 is 0 Å². The Balaban J connectivity index is 1.64. The average molecular weight is 320 g/mol. The minimum absolute atomic E-state index is 0.205. The molecule has 1 aromatic carbocycles. The second-order valence-corrected chi connectivity index (χ2v) is 5.49. The summed E-state index contributed by atoms with van der Waals surface area (Å²) in [6.45, 7) is 1.14. The molecule has 23 heavy (non-hydrogen) atoms. The minimum Gasteiger partial charge on any atom is -0.490 e. The van der Waals surface area contributed by atoms with Gasteiger partial charge in [-0.3, -0.25) is 4.79 Å². The third kappa shape index (κ3) is 3.34. The van der Waals surface area contributed by atoms with Crippen molar-refractivity contribution in [3.05, 3.63) is 48.1 Å². The van der Waals surface area contributed by atoms with Gasteiger partial charge in [-0.15, -0.1) is 0 Å². The number of carbonyl (C=O) groups is 1. The summed E-state index contributed by atoms with van der Waals surface area (Å²) in [5.74, 6) is -0.130. The number of nitrogens with zero attached hydrogens (tertiary/aromatic N) is 2. The van der Waals surface area contributed by atoms with Crippen molar-refractivity contribution >= 4 is 5.91 Å². The highest BCUT2D eigenvalue weighted by atomic mass is 19.1. The highest BCUT2D eigenvalue weighted by Crippen LogP contribution is 2.27. The van der Waals surface area contributed by atoms with Crippen molar-refractivity contribution in [3.8, 4) is 5.75 Å². The number of amides is 1. The molecule has 0 saturated carbocycles. The molecule has 2 aromatic rings. The molecular weight excluding hydrogens is 303 g/mol. The third-order valence-corrected chi connectivity index (χ3v) is 3.99. The summed E-state index contributed by atoms with van der Waals surface area (Å²) in [6, 6.07) is 7.46. The van der Waals surface area contributed by atoms with Crippen LogP contribution in [0.15, 0.2) is 41.1 Å². The molecule has 2 heterocycles. The van der Waals surface area contributed by atoms with Crippen LogP contribution < -0.4 is 4.74 Å². The summed E-state index contributed by atoms with van der Waals surface area (Å²) in [6.07, 6.45) is 1.99. The van der Waals surface area contributed by atoms with Crippen LogP contribution in [0.2, 0.25) is 0 Å². The van der Waals surface area contributed by atoms with E-state index in [0.29, 0.717) is 25.3 Å². The Hall–Kier alpha value is -2.41. The molecule has 0 unspecified atom stereocenters. The number of carbonyl (C=O) groups excluding carboxylic acids is 1. The van der Waals surface area contributed by atoms with Crippen molar-refractivity contribution in [2.75, 3.05) is 26.8 Å². The predicted molar refractivity (Wildman–Crippen MR) is 78.7 cm³/mol. The van der Waals surface area contributed by atoms with Crippen LogP contribution in [-0.2, 0) is 4.74 Å². The Kier molecular flexibility index (Phi) is 4.29. The molecule has 1 saturated heterocycles. The molecule has 0 spiro atoms. The van der Waals surface area contributed by atoms with E-state index in [9.17, 15) is 9.18 Å². The minimum atomic E-state index is -0.619. The van der Waals surface area contributed by atoms with Crippen LogP contribution in [0.25, 0.3) is 0 Å². The Morgan fingerprint density at radius 1 is 1.48 bits per heavy atom. The molecule has 7 heteroatoms. The van der Waals surface area contributed by atoms with Crippen molar-refractivity contribution in [2.45, 2.75) is 12.0 Å². The second kappa shape index (κ2) is 6.37. The zero-order valence-corrected chi connectivity index (χ0v) is 12.7. The summed E-state index contributed by atoms with van der Waals surface area (Å²) in [5.41, 5.74) is -0.353. The largest absolute Gasteiger partial charge is 0.490 e. The number of aromatic nitrogens is 1. The molecule has 1 aliphatic heterocycles. The lowest BCUT2D eigenvalue weighted by Gasteiger charge is -2.27. The van der Waals surface area contributed by atoms with Gasteiger partial charge in [-0.05, 0) is 18.6 Å². The average Bonchev–Trinajstić information content (AvgIpc) is 3.23. The fraction of sp³-hybridized carbons (Fsp3) is 0.375. The summed E-state index contributed by atoms with van der Waals surface area (Å²) in [4.78, 5) is 13.9.